The van der Waals surface area contributed by atoms with Crippen LogP contribution in [-0.4, -0.2) is 41.6 Å². The van der Waals surface area contributed by atoms with Gasteiger partial charge in [-0.15, -0.1) is 0 Å². The minimum atomic E-state index is -0.487. The summed E-state index contributed by atoms with van der Waals surface area (Å²) in [5.41, 5.74) is 0.283. The van der Waals surface area contributed by atoms with Crippen LogP contribution in [0.25, 0.3) is 0 Å². The highest BCUT2D eigenvalue weighted by Crippen LogP contribution is 2.38. The summed E-state index contributed by atoms with van der Waals surface area (Å²) in [5, 5.41) is 6.83. The number of ether oxygens (including phenoxy) is 1. The van der Waals surface area contributed by atoms with Crippen LogP contribution >= 0.6 is 11.3 Å². The lowest BCUT2D eigenvalue weighted by atomic mass is 9.98. The summed E-state index contributed by atoms with van der Waals surface area (Å²) in [6, 6.07) is 1.98. The minimum absolute atomic E-state index is 0.107. The average molecular weight is 336 g/mol. The number of nitrogens with zero attached hydrogens (tertiary/aromatic N) is 1. The molecule has 0 bridgehead atoms. The first kappa shape index (κ1) is 16.3. The van der Waals surface area contributed by atoms with Gasteiger partial charge >= 0.3 is 6.09 Å². The number of hydrogen-bond donors (Lipinski definition) is 1. The van der Waals surface area contributed by atoms with E-state index in [0.29, 0.717) is 11.8 Å². The fraction of sp³-hybridized carbons (Fsp3) is 0.647. The third-order valence-corrected chi connectivity index (χ3v) is 5.30. The van der Waals surface area contributed by atoms with Crippen LogP contribution in [0.4, 0.5) is 4.79 Å². The van der Waals surface area contributed by atoms with Crippen molar-refractivity contribution in [2.75, 3.05) is 13.1 Å². The summed E-state index contributed by atoms with van der Waals surface area (Å²) in [6.45, 7) is 7.11. The van der Waals surface area contributed by atoms with E-state index in [2.05, 4.69) is 5.32 Å². The zero-order chi connectivity index (χ0) is 16.6. The zero-order valence-electron chi connectivity index (χ0n) is 13.9. The van der Waals surface area contributed by atoms with Gasteiger partial charge in [0.25, 0.3) is 5.91 Å². The highest BCUT2D eigenvalue weighted by atomic mass is 32.1. The van der Waals surface area contributed by atoms with E-state index in [1.54, 1.807) is 11.3 Å². The molecule has 23 heavy (non-hydrogen) atoms. The standard InChI is InChI=1S/C17H24N2O3S/c1-17(2,3)22-16(21)18-14-5-4-11-8-19(9-13(11)14)15(20)12-6-7-23-10-12/h6-7,10-11,13-14H,4-5,8-9H2,1-3H3,(H,18,21)/t11-,13-,14-/m1/s1. The Hall–Kier alpha value is -1.56. The quantitative estimate of drug-likeness (QED) is 0.903. The molecule has 1 aliphatic heterocycles. The van der Waals surface area contributed by atoms with Gasteiger partial charge in [0.2, 0.25) is 0 Å². The lowest BCUT2D eigenvalue weighted by molar-refractivity contribution is 0.0491. The summed E-state index contributed by atoms with van der Waals surface area (Å²) < 4.78 is 5.35. The molecule has 0 radical (unpaired) electrons. The van der Waals surface area contributed by atoms with Crippen molar-refractivity contribution in [1.29, 1.82) is 0 Å². The summed E-state index contributed by atoms with van der Waals surface area (Å²) in [5.74, 6) is 0.930. The molecule has 1 saturated heterocycles. The molecule has 2 amide bonds. The summed E-state index contributed by atoms with van der Waals surface area (Å²) in [7, 11) is 0. The first-order valence-corrected chi connectivity index (χ1v) is 9.09. The van der Waals surface area contributed by atoms with E-state index < -0.39 is 5.60 Å². The smallest absolute Gasteiger partial charge is 0.407 e. The molecule has 126 valence electrons. The molecule has 0 spiro atoms. The van der Waals surface area contributed by atoms with E-state index in [0.717, 1.165) is 31.5 Å². The van der Waals surface area contributed by atoms with Crippen molar-refractivity contribution in [3.05, 3.63) is 22.4 Å². The van der Waals surface area contributed by atoms with E-state index in [9.17, 15) is 9.59 Å². The van der Waals surface area contributed by atoms with Crippen LogP contribution in [0, 0.1) is 11.8 Å². The molecule has 6 heteroatoms. The number of thiophene rings is 1. The van der Waals surface area contributed by atoms with Crippen molar-refractivity contribution < 1.29 is 14.3 Å². The van der Waals surface area contributed by atoms with Crippen molar-refractivity contribution in [3.63, 3.8) is 0 Å². The van der Waals surface area contributed by atoms with Crippen LogP contribution in [0.5, 0.6) is 0 Å². The largest absolute Gasteiger partial charge is 0.444 e. The van der Waals surface area contributed by atoms with Crippen LogP contribution in [0.1, 0.15) is 44.0 Å². The number of amides is 2. The maximum atomic E-state index is 12.5. The molecule has 0 unspecified atom stereocenters. The number of carbonyl (C=O) groups excluding carboxylic acids is 2. The first-order chi connectivity index (χ1) is 10.8. The Bertz CT molecular complexity index is 579. The van der Waals surface area contributed by atoms with Crippen LogP contribution in [-0.2, 0) is 4.74 Å². The second kappa shape index (κ2) is 6.15. The second-order valence-corrected chi connectivity index (χ2v) is 8.26. The molecule has 2 heterocycles. The van der Waals surface area contributed by atoms with Crippen LogP contribution in [0.3, 0.4) is 0 Å². The molecule has 1 aromatic rings. The first-order valence-electron chi connectivity index (χ1n) is 8.14. The van der Waals surface area contributed by atoms with Gasteiger partial charge in [-0.25, -0.2) is 4.79 Å². The normalized spacial score (nSPS) is 26.9. The number of nitrogens with one attached hydrogen (secondary N) is 1. The number of hydrogen-bond acceptors (Lipinski definition) is 4. The lowest BCUT2D eigenvalue weighted by Crippen LogP contribution is -2.42. The third kappa shape index (κ3) is 3.68. The van der Waals surface area contributed by atoms with Crippen LogP contribution in [0.15, 0.2) is 16.8 Å². The van der Waals surface area contributed by atoms with Gasteiger partial charge in [0.05, 0.1) is 5.56 Å². The molecular weight excluding hydrogens is 312 g/mol. The fourth-order valence-corrected chi connectivity index (χ4v) is 4.27. The zero-order valence-corrected chi connectivity index (χ0v) is 14.7. The molecule has 1 aliphatic carbocycles. The topological polar surface area (TPSA) is 58.6 Å². The molecule has 2 aliphatic rings. The number of fused-ring (bicyclic) bond motifs is 1. The third-order valence-electron chi connectivity index (χ3n) is 4.61. The Morgan fingerprint density at radius 1 is 1.30 bits per heavy atom. The maximum absolute atomic E-state index is 12.5. The predicted molar refractivity (Wildman–Crippen MR) is 89.6 cm³/mol. The molecule has 1 N–H and O–H groups in total. The maximum Gasteiger partial charge on any atom is 0.407 e. The molecule has 1 aromatic heterocycles. The van der Waals surface area contributed by atoms with Gasteiger partial charge in [0.1, 0.15) is 5.60 Å². The van der Waals surface area contributed by atoms with Gasteiger partial charge in [-0.3, -0.25) is 4.79 Å². The van der Waals surface area contributed by atoms with Crippen molar-refractivity contribution in [1.82, 2.24) is 10.2 Å². The molecule has 0 aromatic carbocycles. The minimum Gasteiger partial charge on any atom is -0.444 e. The Morgan fingerprint density at radius 2 is 2.09 bits per heavy atom. The Morgan fingerprint density at radius 3 is 2.74 bits per heavy atom. The van der Waals surface area contributed by atoms with E-state index in [-0.39, 0.29) is 18.0 Å². The molecule has 5 nitrogen and oxygen atoms in total. The number of alkyl carbamates (subject to hydrolysis) is 1. The monoisotopic (exact) mass is 336 g/mol. The number of likely N-dealkylation sites (tertiary alicyclic amines) is 1. The van der Waals surface area contributed by atoms with Gasteiger partial charge in [-0.05, 0) is 51.0 Å². The summed E-state index contributed by atoms with van der Waals surface area (Å²) in [6.07, 6.45) is 1.67. The molecule has 2 fully saturated rings. The number of carbonyl (C=O) groups is 2. The van der Waals surface area contributed by atoms with Crippen LogP contribution in [0.2, 0.25) is 0 Å². The predicted octanol–water partition coefficient (Wildman–Crippen LogP) is 3.12. The Balaban J connectivity index is 1.59. The van der Waals surface area contributed by atoms with Gasteiger partial charge in [0.15, 0.2) is 0 Å². The average Bonchev–Trinajstić information content (AvgIpc) is 3.13. The molecule has 1 saturated carbocycles. The van der Waals surface area contributed by atoms with Gasteiger partial charge in [0, 0.05) is 30.4 Å². The van der Waals surface area contributed by atoms with E-state index in [4.69, 9.17) is 4.74 Å². The van der Waals surface area contributed by atoms with Gasteiger partial charge in [-0.1, -0.05) is 0 Å². The van der Waals surface area contributed by atoms with E-state index >= 15 is 0 Å². The molecule has 3 rings (SSSR count). The summed E-state index contributed by atoms with van der Waals surface area (Å²) in [4.78, 5) is 26.4. The Labute approximate surface area is 141 Å². The van der Waals surface area contributed by atoms with Gasteiger partial charge in [-0.2, -0.15) is 11.3 Å². The van der Waals surface area contributed by atoms with E-state index in [1.807, 2.05) is 42.5 Å². The van der Waals surface area contributed by atoms with Gasteiger partial charge < -0.3 is 15.0 Å². The summed E-state index contributed by atoms with van der Waals surface area (Å²) >= 11 is 1.54. The molecular formula is C17H24N2O3S. The SMILES string of the molecule is CC(C)(C)OC(=O)N[C@@H]1CC[C@@H]2CN(C(=O)c3ccsc3)C[C@H]21. The van der Waals surface area contributed by atoms with Crippen molar-refractivity contribution in [3.8, 4) is 0 Å². The van der Waals surface area contributed by atoms with Crippen molar-refractivity contribution >= 4 is 23.3 Å². The van der Waals surface area contributed by atoms with Crippen molar-refractivity contribution in [2.24, 2.45) is 11.8 Å². The van der Waals surface area contributed by atoms with Crippen molar-refractivity contribution in [2.45, 2.75) is 45.3 Å². The van der Waals surface area contributed by atoms with E-state index in [1.165, 1.54) is 0 Å². The van der Waals surface area contributed by atoms with Crippen LogP contribution < -0.4 is 5.32 Å². The second-order valence-electron chi connectivity index (χ2n) is 7.48. The lowest BCUT2D eigenvalue weighted by Gasteiger charge is -2.25. The molecule has 3 atom stereocenters. The Kier molecular flexibility index (Phi) is 4.36. The number of rotatable bonds is 2. The highest BCUT2D eigenvalue weighted by molar-refractivity contribution is 7.08. The fourth-order valence-electron chi connectivity index (χ4n) is 3.64. The highest BCUT2D eigenvalue weighted by Gasteiger charge is 2.45.